The maximum absolute atomic E-state index is 6.18. The smallest absolute Gasteiger partial charge is 0.326 e. The minimum atomic E-state index is -1.25. The van der Waals surface area contributed by atoms with Gasteiger partial charge in [-0.2, -0.15) is 0 Å². The molecule has 0 bridgehead atoms. The average molecular weight is 322 g/mol. The van der Waals surface area contributed by atoms with E-state index in [9.17, 15) is 0 Å². The van der Waals surface area contributed by atoms with Crippen molar-refractivity contribution < 1.29 is 13.8 Å². The number of benzene rings is 3. The lowest BCUT2D eigenvalue weighted by Gasteiger charge is -2.27. The predicted octanol–water partition coefficient (Wildman–Crippen LogP) is 4.77. The molecule has 0 amide bonds. The number of fused-ring (bicyclic) bond motifs is 3. The summed E-state index contributed by atoms with van der Waals surface area (Å²) in [6.45, 7) is 0. The lowest BCUT2D eigenvalue weighted by atomic mass is 10.0. The Labute approximate surface area is 136 Å². The van der Waals surface area contributed by atoms with Crippen LogP contribution in [0.4, 0.5) is 0 Å². The van der Waals surface area contributed by atoms with Crippen LogP contribution in [0.3, 0.4) is 0 Å². The zero-order chi connectivity index (χ0) is 15.6. The number of rotatable bonds is 3. The van der Waals surface area contributed by atoms with Crippen molar-refractivity contribution in [1.29, 1.82) is 0 Å². The van der Waals surface area contributed by atoms with Gasteiger partial charge in [0, 0.05) is 5.56 Å². The second kappa shape index (κ2) is 5.94. The van der Waals surface area contributed by atoms with Crippen molar-refractivity contribution in [3.05, 3.63) is 72.8 Å². The maximum Gasteiger partial charge on any atom is 0.326 e. The summed E-state index contributed by atoms with van der Waals surface area (Å²) in [6, 6.07) is 23.9. The van der Waals surface area contributed by atoms with E-state index in [2.05, 4.69) is 18.2 Å². The van der Waals surface area contributed by atoms with Crippen molar-refractivity contribution in [3.63, 3.8) is 0 Å². The van der Waals surface area contributed by atoms with Crippen LogP contribution >= 0.6 is 8.38 Å². The first-order chi connectivity index (χ1) is 11.4. The van der Waals surface area contributed by atoms with E-state index < -0.39 is 8.38 Å². The Morgan fingerprint density at radius 2 is 1.39 bits per heavy atom. The van der Waals surface area contributed by atoms with Gasteiger partial charge in [-0.15, -0.1) is 0 Å². The van der Waals surface area contributed by atoms with Crippen molar-refractivity contribution in [2.75, 3.05) is 7.11 Å². The highest BCUT2D eigenvalue weighted by Crippen LogP contribution is 2.50. The molecule has 0 saturated carbocycles. The highest BCUT2D eigenvalue weighted by Gasteiger charge is 2.29. The molecule has 4 rings (SSSR count). The Morgan fingerprint density at radius 3 is 2.22 bits per heavy atom. The topological polar surface area (TPSA) is 27.7 Å². The fraction of sp³-hybridized carbons (Fsp3) is 0.0526. The third-order valence-electron chi connectivity index (χ3n) is 3.71. The summed E-state index contributed by atoms with van der Waals surface area (Å²) >= 11 is 0. The van der Waals surface area contributed by atoms with Crippen LogP contribution in [0.2, 0.25) is 0 Å². The van der Waals surface area contributed by atoms with Gasteiger partial charge in [-0.3, -0.25) is 0 Å². The highest BCUT2D eigenvalue weighted by molar-refractivity contribution is 7.57. The monoisotopic (exact) mass is 322 g/mol. The third-order valence-corrected chi connectivity index (χ3v) is 5.22. The summed E-state index contributed by atoms with van der Waals surface area (Å²) in [4.78, 5) is 0. The molecule has 0 fully saturated rings. The first-order valence-corrected chi connectivity index (χ1v) is 8.52. The molecular weight excluding hydrogens is 307 g/mol. The number of ether oxygens (including phenoxy) is 1. The number of hydrogen-bond acceptors (Lipinski definition) is 3. The van der Waals surface area contributed by atoms with E-state index >= 15 is 0 Å². The molecule has 114 valence electrons. The van der Waals surface area contributed by atoms with Gasteiger partial charge in [-0.05, 0) is 29.8 Å². The van der Waals surface area contributed by atoms with Gasteiger partial charge in [0.15, 0.2) is 11.5 Å². The molecule has 1 atom stereocenters. The average Bonchev–Trinajstić information content (AvgIpc) is 2.62. The first kappa shape index (κ1) is 14.1. The number of methoxy groups -OCH3 is 1. The molecule has 0 radical (unpaired) electrons. The van der Waals surface area contributed by atoms with Crippen LogP contribution in [0.5, 0.6) is 17.2 Å². The van der Waals surface area contributed by atoms with E-state index in [0.29, 0.717) is 11.5 Å². The van der Waals surface area contributed by atoms with Gasteiger partial charge in [0.25, 0.3) is 0 Å². The van der Waals surface area contributed by atoms with E-state index in [1.54, 1.807) is 7.11 Å². The van der Waals surface area contributed by atoms with Crippen LogP contribution in [0.1, 0.15) is 0 Å². The quantitative estimate of drug-likeness (QED) is 0.650. The largest absolute Gasteiger partial charge is 0.493 e. The van der Waals surface area contributed by atoms with Crippen LogP contribution in [-0.4, -0.2) is 7.11 Å². The van der Waals surface area contributed by atoms with Gasteiger partial charge in [0.05, 0.1) is 12.4 Å². The lowest BCUT2D eigenvalue weighted by Crippen LogP contribution is -2.17. The molecule has 0 spiro atoms. The molecule has 1 unspecified atom stereocenters. The standard InChI is InChI=1S/C19H15O3P/c1-20-17-11-5-6-12-18(17)22-23-19-13-7-3-9-15(19)14-8-2-4-10-16(14)21-23/h2-13H,1H3. The molecule has 0 N–H and O–H groups in total. The number of hydrogen-bond donors (Lipinski definition) is 0. The molecule has 0 saturated heterocycles. The molecule has 23 heavy (non-hydrogen) atoms. The van der Waals surface area contributed by atoms with Gasteiger partial charge >= 0.3 is 8.38 Å². The zero-order valence-corrected chi connectivity index (χ0v) is 13.5. The molecule has 4 heteroatoms. The van der Waals surface area contributed by atoms with Crippen molar-refractivity contribution in [1.82, 2.24) is 0 Å². The normalized spacial score (nSPS) is 15.1. The minimum Gasteiger partial charge on any atom is -0.493 e. The molecule has 0 aromatic heterocycles. The number of para-hydroxylation sites is 3. The molecule has 0 aliphatic carbocycles. The lowest BCUT2D eigenvalue weighted by molar-refractivity contribution is 0.391. The van der Waals surface area contributed by atoms with E-state index in [0.717, 1.165) is 22.2 Å². The van der Waals surface area contributed by atoms with E-state index in [4.69, 9.17) is 13.8 Å². The Morgan fingerprint density at radius 1 is 0.739 bits per heavy atom. The van der Waals surface area contributed by atoms with Crippen LogP contribution in [0.25, 0.3) is 11.1 Å². The van der Waals surface area contributed by atoms with Gasteiger partial charge in [-0.1, -0.05) is 48.5 Å². The van der Waals surface area contributed by atoms with Crippen LogP contribution in [0.15, 0.2) is 72.8 Å². The second-order valence-corrected chi connectivity index (χ2v) is 6.47. The molecule has 3 aromatic rings. The SMILES string of the molecule is COc1ccccc1OP1Oc2ccccc2-c2ccccc21. The van der Waals surface area contributed by atoms with E-state index in [1.807, 2.05) is 54.6 Å². The van der Waals surface area contributed by atoms with Crippen molar-refractivity contribution >= 4 is 13.7 Å². The molecule has 1 aliphatic heterocycles. The maximum atomic E-state index is 6.18. The zero-order valence-electron chi connectivity index (χ0n) is 12.6. The fourth-order valence-electron chi connectivity index (χ4n) is 2.62. The Bertz CT molecular complexity index is 847. The summed E-state index contributed by atoms with van der Waals surface area (Å²) in [7, 11) is 0.387. The second-order valence-electron chi connectivity index (χ2n) is 5.10. The molecule has 1 heterocycles. The predicted molar refractivity (Wildman–Crippen MR) is 92.7 cm³/mol. The van der Waals surface area contributed by atoms with E-state index in [1.165, 1.54) is 0 Å². The van der Waals surface area contributed by atoms with Gasteiger partial charge in [0.2, 0.25) is 0 Å². The molecular formula is C19H15O3P. The summed E-state index contributed by atoms with van der Waals surface area (Å²) in [5.41, 5.74) is 2.26. The van der Waals surface area contributed by atoms with Gasteiger partial charge in [0.1, 0.15) is 5.75 Å². The van der Waals surface area contributed by atoms with Gasteiger partial charge in [-0.25, -0.2) is 0 Å². The minimum absolute atomic E-state index is 0.690. The molecule has 3 nitrogen and oxygen atoms in total. The molecule has 1 aliphatic rings. The third kappa shape index (κ3) is 2.54. The van der Waals surface area contributed by atoms with Gasteiger partial charge < -0.3 is 13.8 Å². The summed E-state index contributed by atoms with van der Waals surface area (Å²) in [5.74, 6) is 2.25. The Balaban J connectivity index is 1.76. The Hall–Kier alpha value is -2.51. The van der Waals surface area contributed by atoms with Crippen molar-refractivity contribution in [2.45, 2.75) is 0 Å². The van der Waals surface area contributed by atoms with Crippen LogP contribution < -0.4 is 19.1 Å². The fourth-order valence-corrected chi connectivity index (χ4v) is 4.12. The Kier molecular flexibility index (Phi) is 3.64. The molecule has 3 aromatic carbocycles. The van der Waals surface area contributed by atoms with Crippen LogP contribution in [-0.2, 0) is 0 Å². The van der Waals surface area contributed by atoms with Crippen molar-refractivity contribution in [3.8, 4) is 28.4 Å². The highest BCUT2D eigenvalue weighted by atomic mass is 31.2. The van der Waals surface area contributed by atoms with Crippen molar-refractivity contribution in [2.24, 2.45) is 0 Å². The summed E-state index contributed by atoms with van der Waals surface area (Å²) < 4.78 is 17.7. The first-order valence-electron chi connectivity index (χ1n) is 7.34. The van der Waals surface area contributed by atoms with E-state index in [-0.39, 0.29) is 0 Å². The summed E-state index contributed by atoms with van der Waals surface area (Å²) in [6.07, 6.45) is 0. The summed E-state index contributed by atoms with van der Waals surface area (Å²) in [5, 5.41) is 1.08. The van der Waals surface area contributed by atoms with Crippen LogP contribution in [0, 0.1) is 0 Å².